The van der Waals surface area contributed by atoms with Crippen molar-refractivity contribution in [3.63, 3.8) is 0 Å². The van der Waals surface area contributed by atoms with Crippen LogP contribution in [-0.2, 0) is 33.7 Å². The Labute approximate surface area is 297 Å². The Hall–Kier alpha value is -4.91. The first-order chi connectivity index (χ1) is 24.1. The van der Waals surface area contributed by atoms with Crippen molar-refractivity contribution in [2.75, 3.05) is 20.8 Å². The molecule has 3 unspecified atom stereocenters. The standard InChI is InChI=1S/C37H40BrN5O7/c1-48-30-17-23(27(38)19-31(30)49-2)12-14-43-28-10-9-25(37(47)41-13-11-33(46)50-29-16-20-3-4-24(29)15-20)26(18-32(44)45)34(28)42-36(43)22-7-5-21(6-8-22)35(39)40/h5-10,17,19-20,24,29H,3-4,11-16,18H2,1-2H3,(H3,39,40)(H,41,47)(H,44,45). The number of ether oxygens (including phenoxy) is 3. The maximum atomic E-state index is 13.5. The number of carboxylic acid groups (broad SMARTS) is 1. The monoisotopic (exact) mass is 745 g/mol. The number of carbonyl (C=O) groups excluding carboxylic acids is 2. The highest BCUT2D eigenvalue weighted by Gasteiger charge is 2.41. The molecule has 2 aliphatic carbocycles. The summed E-state index contributed by atoms with van der Waals surface area (Å²) in [5.41, 5.74) is 9.39. The second-order valence-electron chi connectivity index (χ2n) is 12.9. The number of amidine groups is 1. The van der Waals surface area contributed by atoms with Crippen LogP contribution in [0.4, 0.5) is 0 Å². The molecule has 0 aliphatic heterocycles. The molecule has 6 rings (SSSR count). The van der Waals surface area contributed by atoms with Crippen LogP contribution in [0.15, 0.2) is 53.0 Å². The van der Waals surface area contributed by atoms with Crippen LogP contribution in [0.5, 0.6) is 11.5 Å². The van der Waals surface area contributed by atoms with Crippen LogP contribution in [0, 0.1) is 17.2 Å². The van der Waals surface area contributed by atoms with Crippen LogP contribution in [0.25, 0.3) is 22.4 Å². The molecule has 1 aromatic heterocycles. The number of amides is 1. The highest BCUT2D eigenvalue weighted by molar-refractivity contribution is 9.10. The average Bonchev–Trinajstić information content (AvgIpc) is 3.82. The van der Waals surface area contributed by atoms with Crippen LogP contribution >= 0.6 is 15.9 Å². The van der Waals surface area contributed by atoms with Crippen molar-refractivity contribution in [1.82, 2.24) is 14.9 Å². The number of esters is 1. The van der Waals surface area contributed by atoms with Gasteiger partial charge in [-0.15, -0.1) is 0 Å². The van der Waals surface area contributed by atoms with Crippen molar-refractivity contribution in [1.29, 1.82) is 5.41 Å². The first-order valence-electron chi connectivity index (χ1n) is 16.6. The first-order valence-corrected chi connectivity index (χ1v) is 17.4. The lowest BCUT2D eigenvalue weighted by atomic mass is 9.98. The molecule has 2 fully saturated rings. The first kappa shape index (κ1) is 34.9. The zero-order valence-corrected chi connectivity index (χ0v) is 29.5. The van der Waals surface area contributed by atoms with E-state index in [0.717, 1.165) is 34.9 Å². The van der Waals surface area contributed by atoms with Crippen LogP contribution < -0.4 is 20.5 Å². The number of rotatable bonds is 14. The van der Waals surface area contributed by atoms with E-state index in [1.807, 2.05) is 16.7 Å². The molecule has 0 spiro atoms. The lowest BCUT2D eigenvalue weighted by Crippen LogP contribution is -2.30. The molecule has 2 aliphatic rings. The van der Waals surface area contributed by atoms with Gasteiger partial charge in [0.05, 0.1) is 38.1 Å². The van der Waals surface area contributed by atoms with Crippen LogP contribution in [0.3, 0.4) is 0 Å². The maximum absolute atomic E-state index is 13.5. The molecule has 2 saturated carbocycles. The number of hydrogen-bond donors (Lipinski definition) is 4. The second-order valence-corrected chi connectivity index (χ2v) is 13.7. The molecule has 1 heterocycles. The number of nitrogens with one attached hydrogen (secondary N) is 2. The summed E-state index contributed by atoms with van der Waals surface area (Å²) in [4.78, 5) is 43.1. The number of aliphatic carboxylic acids is 1. The third kappa shape index (κ3) is 7.32. The minimum atomic E-state index is -1.11. The topological polar surface area (TPSA) is 179 Å². The minimum absolute atomic E-state index is 0.0247. The summed E-state index contributed by atoms with van der Waals surface area (Å²) in [5.74, 6) is 0.802. The van der Waals surface area contributed by atoms with E-state index in [1.165, 1.54) is 6.42 Å². The number of imidazole rings is 1. The Morgan fingerprint density at radius 2 is 1.80 bits per heavy atom. The van der Waals surface area contributed by atoms with Gasteiger partial charge in [-0.25, -0.2) is 4.98 Å². The number of nitrogens with zero attached hydrogens (tertiary/aromatic N) is 2. The number of benzene rings is 3. The molecule has 4 aromatic rings. The average molecular weight is 747 g/mol. The lowest BCUT2D eigenvalue weighted by Gasteiger charge is -2.21. The van der Waals surface area contributed by atoms with Crippen molar-refractivity contribution in [3.8, 4) is 22.9 Å². The third-order valence-electron chi connectivity index (χ3n) is 9.78. The zero-order valence-electron chi connectivity index (χ0n) is 28.0. The number of nitrogens with two attached hydrogens (primary N) is 1. The predicted molar refractivity (Wildman–Crippen MR) is 191 cm³/mol. The van der Waals surface area contributed by atoms with Gasteiger partial charge in [-0.3, -0.25) is 19.8 Å². The highest BCUT2D eigenvalue weighted by Crippen LogP contribution is 2.46. The summed E-state index contributed by atoms with van der Waals surface area (Å²) in [5, 5.41) is 20.5. The van der Waals surface area contributed by atoms with Crippen LogP contribution in [0.1, 0.15) is 59.2 Å². The zero-order chi connectivity index (χ0) is 35.5. The molecule has 3 aromatic carbocycles. The van der Waals surface area contributed by atoms with E-state index in [4.69, 9.17) is 30.3 Å². The fraction of sp³-hybridized carbons (Fsp3) is 0.378. The highest BCUT2D eigenvalue weighted by atomic mass is 79.9. The number of nitrogen functional groups attached to an aromatic ring is 1. The summed E-state index contributed by atoms with van der Waals surface area (Å²) in [6, 6.07) is 14.2. The summed E-state index contributed by atoms with van der Waals surface area (Å²) in [7, 11) is 3.15. The van der Waals surface area contributed by atoms with E-state index >= 15 is 0 Å². The van der Waals surface area contributed by atoms with Crippen molar-refractivity contribution in [3.05, 3.63) is 75.3 Å². The van der Waals surface area contributed by atoms with Gasteiger partial charge in [0.15, 0.2) is 11.5 Å². The van der Waals surface area contributed by atoms with Gasteiger partial charge in [0.25, 0.3) is 5.91 Å². The van der Waals surface area contributed by atoms with Gasteiger partial charge in [0.2, 0.25) is 0 Å². The van der Waals surface area contributed by atoms with Crippen molar-refractivity contribution in [2.45, 2.75) is 57.6 Å². The van der Waals surface area contributed by atoms with Crippen LogP contribution in [0.2, 0.25) is 0 Å². The molecule has 3 atom stereocenters. The SMILES string of the molecule is COc1cc(Br)c(CCn2c(-c3ccc(C(=N)N)cc3)nc3c(CC(=O)O)c(C(=O)NCCC(=O)OC4CC5CCC4C5)ccc32)cc1OC. The molecule has 13 heteroatoms. The van der Waals surface area contributed by atoms with Crippen molar-refractivity contribution < 1.29 is 33.7 Å². The van der Waals surface area contributed by atoms with E-state index in [9.17, 15) is 19.5 Å². The number of fused-ring (bicyclic) bond motifs is 3. The molecule has 262 valence electrons. The summed E-state index contributed by atoms with van der Waals surface area (Å²) < 4.78 is 19.5. The van der Waals surface area contributed by atoms with E-state index in [-0.39, 0.29) is 42.0 Å². The van der Waals surface area contributed by atoms with E-state index < -0.39 is 18.3 Å². The fourth-order valence-corrected chi connectivity index (χ4v) is 7.81. The Kier molecular flexibility index (Phi) is 10.4. The molecule has 1 amide bonds. The van der Waals surface area contributed by atoms with Gasteiger partial charge in [-0.2, -0.15) is 0 Å². The number of aromatic nitrogens is 2. The third-order valence-corrected chi connectivity index (χ3v) is 10.5. The predicted octanol–water partition coefficient (Wildman–Crippen LogP) is 5.49. The van der Waals surface area contributed by atoms with Crippen LogP contribution in [-0.4, -0.2) is 65.2 Å². The largest absolute Gasteiger partial charge is 0.493 e. The van der Waals surface area contributed by atoms with Gasteiger partial charge in [-0.1, -0.05) is 40.2 Å². The molecule has 5 N–H and O–H groups in total. The van der Waals surface area contributed by atoms with Gasteiger partial charge in [0.1, 0.15) is 17.8 Å². The summed E-state index contributed by atoms with van der Waals surface area (Å²) in [6.45, 7) is 0.503. The number of aryl methyl sites for hydroxylation is 2. The van der Waals surface area contributed by atoms with Gasteiger partial charge < -0.3 is 34.9 Å². The maximum Gasteiger partial charge on any atom is 0.307 e. The van der Waals surface area contributed by atoms with E-state index in [1.54, 1.807) is 50.6 Å². The minimum Gasteiger partial charge on any atom is -0.493 e. The number of methoxy groups -OCH3 is 2. The Bertz CT molecular complexity index is 1960. The summed E-state index contributed by atoms with van der Waals surface area (Å²) in [6.07, 6.45) is 4.45. The number of halogens is 1. The molecule has 0 saturated heterocycles. The number of carbonyl (C=O) groups is 3. The van der Waals surface area contributed by atoms with E-state index in [0.29, 0.717) is 58.7 Å². The fourth-order valence-electron chi connectivity index (χ4n) is 7.29. The van der Waals surface area contributed by atoms with Gasteiger partial charge in [-0.05, 0) is 73.8 Å². The molecule has 50 heavy (non-hydrogen) atoms. The van der Waals surface area contributed by atoms with E-state index in [2.05, 4.69) is 21.2 Å². The molecule has 12 nitrogen and oxygen atoms in total. The summed E-state index contributed by atoms with van der Waals surface area (Å²) >= 11 is 3.64. The van der Waals surface area contributed by atoms with Crippen molar-refractivity contribution in [2.24, 2.45) is 17.6 Å². The Morgan fingerprint density at radius 3 is 2.44 bits per heavy atom. The Morgan fingerprint density at radius 1 is 1.06 bits per heavy atom. The number of hydrogen-bond acceptors (Lipinski definition) is 8. The molecular weight excluding hydrogens is 706 g/mol. The normalized spacial score (nSPS) is 17.9. The van der Waals surface area contributed by atoms with Gasteiger partial charge >= 0.3 is 11.9 Å². The second kappa shape index (κ2) is 14.9. The molecular formula is C37H40BrN5O7. The quantitative estimate of drug-likeness (QED) is 0.0738. The molecule has 0 radical (unpaired) electrons. The van der Waals surface area contributed by atoms with Crippen molar-refractivity contribution >= 4 is 50.6 Å². The molecule has 2 bridgehead atoms. The smallest absolute Gasteiger partial charge is 0.307 e. The Balaban J connectivity index is 1.30. The van der Waals surface area contributed by atoms with Gasteiger partial charge in [0, 0.05) is 39.8 Å². The number of carboxylic acids is 1. The lowest BCUT2D eigenvalue weighted by molar-refractivity contribution is -0.151.